The number of rotatable bonds is 5. The van der Waals surface area contributed by atoms with Crippen LogP contribution in [0, 0.1) is 24.0 Å². The maximum atomic E-state index is 13.4. The number of hydrogen-bond donors (Lipinski definition) is 0. The molecule has 0 aliphatic carbocycles. The van der Waals surface area contributed by atoms with Crippen LogP contribution in [0.2, 0.25) is 0 Å². The van der Waals surface area contributed by atoms with Crippen molar-refractivity contribution in [3.63, 3.8) is 0 Å². The number of terminal acetylenes is 1. The molecule has 1 aromatic rings. The molecule has 0 aromatic heterocycles. The van der Waals surface area contributed by atoms with Crippen molar-refractivity contribution in [3.8, 4) is 12.3 Å². The minimum absolute atomic E-state index is 0.156. The summed E-state index contributed by atoms with van der Waals surface area (Å²) in [6, 6.07) is 3.54. The number of amides is 1. The summed E-state index contributed by atoms with van der Waals surface area (Å²) in [5.74, 6) is 0.588. The van der Waals surface area contributed by atoms with Crippen LogP contribution < -0.4 is 0 Å². The van der Waals surface area contributed by atoms with E-state index in [4.69, 9.17) is 6.42 Å². The van der Waals surface area contributed by atoms with Gasteiger partial charge >= 0.3 is 0 Å². The third-order valence-corrected chi connectivity index (χ3v) is 2.52. The first kappa shape index (κ1) is 14.2. The van der Waals surface area contributed by atoms with Crippen molar-refractivity contribution in [1.82, 2.24) is 4.90 Å². The van der Waals surface area contributed by atoms with Crippen LogP contribution in [0.25, 0.3) is 0 Å². The lowest BCUT2D eigenvalue weighted by Crippen LogP contribution is -2.33. The summed E-state index contributed by atoms with van der Waals surface area (Å²) in [5, 5.41) is 0. The van der Waals surface area contributed by atoms with Crippen LogP contribution in [0.4, 0.5) is 8.78 Å². The van der Waals surface area contributed by atoms with Crippen molar-refractivity contribution in [2.75, 3.05) is 13.1 Å². The van der Waals surface area contributed by atoms with Crippen LogP contribution in [0.5, 0.6) is 0 Å². The van der Waals surface area contributed by atoms with Crippen molar-refractivity contribution < 1.29 is 13.6 Å². The summed E-state index contributed by atoms with van der Waals surface area (Å²) in [7, 11) is 0. The Kier molecular flexibility index (Phi) is 5.31. The summed E-state index contributed by atoms with van der Waals surface area (Å²) in [4.78, 5) is 13.3. The number of benzene rings is 1. The zero-order valence-electron chi connectivity index (χ0n) is 10.2. The maximum Gasteiger partial charge on any atom is 0.227 e. The predicted octanol–water partition coefficient (Wildman–Crippen LogP) is 2.38. The van der Waals surface area contributed by atoms with Gasteiger partial charge in [-0.25, -0.2) is 8.78 Å². The minimum atomic E-state index is -0.708. The molecule has 0 saturated carbocycles. The van der Waals surface area contributed by atoms with E-state index in [-0.39, 0.29) is 24.4 Å². The number of nitrogens with zero attached hydrogens (tertiary/aromatic N) is 1. The molecule has 0 saturated heterocycles. The van der Waals surface area contributed by atoms with Gasteiger partial charge in [-0.05, 0) is 18.6 Å². The van der Waals surface area contributed by atoms with Gasteiger partial charge in [0.15, 0.2) is 0 Å². The van der Waals surface area contributed by atoms with E-state index in [1.54, 1.807) is 0 Å². The van der Waals surface area contributed by atoms with Crippen LogP contribution in [-0.2, 0) is 11.2 Å². The summed E-state index contributed by atoms with van der Waals surface area (Å²) >= 11 is 0. The van der Waals surface area contributed by atoms with E-state index in [0.717, 1.165) is 18.6 Å². The lowest BCUT2D eigenvalue weighted by molar-refractivity contribution is -0.130. The molecule has 2 nitrogen and oxygen atoms in total. The topological polar surface area (TPSA) is 20.3 Å². The molecule has 0 N–H and O–H groups in total. The Morgan fingerprint density at radius 3 is 2.50 bits per heavy atom. The SMILES string of the molecule is C#CCN(CCC)C(=O)Cc1c(F)cccc1F. The third kappa shape index (κ3) is 3.56. The average Bonchev–Trinajstić information content (AvgIpc) is 2.33. The quantitative estimate of drug-likeness (QED) is 0.736. The Morgan fingerprint density at radius 2 is 2.00 bits per heavy atom. The number of hydrogen-bond acceptors (Lipinski definition) is 1. The Balaban J connectivity index is 2.83. The Bertz CT molecular complexity index is 445. The molecule has 0 bridgehead atoms. The van der Waals surface area contributed by atoms with Gasteiger partial charge in [0.2, 0.25) is 5.91 Å². The van der Waals surface area contributed by atoms with Crippen molar-refractivity contribution in [2.45, 2.75) is 19.8 Å². The zero-order valence-corrected chi connectivity index (χ0v) is 10.2. The van der Waals surface area contributed by atoms with Crippen LogP contribution >= 0.6 is 0 Å². The lowest BCUT2D eigenvalue weighted by atomic mass is 10.1. The monoisotopic (exact) mass is 251 g/mol. The fraction of sp³-hybridized carbons (Fsp3) is 0.357. The van der Waals surface area contributed by atoms with Gasteiger partial charge in [0.25, 0.3) is 0 Å². The fourth-order valence-electron chi connectivity index (χ4n) is 1.64. The van der Waals surface area contributed by atoms with Gasteiger partial charge in [0.1, 0.15) is 11.6 Å². The molecule has 1 rings (SSSR count). The van der Waals surface area contributed by atoms with E-state index in [1.807, 2.05) is 6.92 Å². The highest BCUT2D eigenvalue weighted by atomic mass is 19.1. The molecule has 0 radical (unpaired) electrons. The highest BCUT2D eigenvalue weighted by Gasteiger charge is 2.17. The first-order valence-electron chi connectivity index (χ1n) is 5.74. The normalized spacial score (nSPS) is 9.89. The van der Waals surface area contributed by atoms with E-state index in [0.29, 0.717) is 6.54 Å². The summed E-state index contributed by atoms with van der Waals surface area (Å²) < 4.78 is 26.8. The molecule has 0 aliphatic heterocycles. The molecule has 1 amide bonds. The number of carbonyl (C=O) groups is 1. The molecule has 0 spiro atoms. The van der Waals surface area contributed by atoms with Gasteiger partial charge in [0, 0.05) is 12.1 Å². The van der Waals surface area contributed by atoms with Crippen molar-refractivity contribution in [2.24, 2.45) is 0 Å². The van der Waals surface area contributed by atoms with Crippen LogP contribution in [-0.4, -0.2) is 23.9 Å². The fourth-order valence-corrected chi connectivity index (χ4v) is 1.64. The Hall–Kier alpha value is -1.89. The largest absolute Gasteiger partial charge is 0.331 e. The van der Waals surface area contributed by atoms with E-state index in [9.17, 15) is 13.6 Å². The summed E-state index contributed by atoms with van der Waals surface area (Å²) in [6.45, 7) is 2.54. The molecule has 96 valence electrons. The van der Waals surface area contributed by atoms with E-state index in [2.05, 4.69) is 5.92 Å². The van der Waals surface area contributed by atoms with Crippen LogP contribution in [0.15, 0.2) is 18.2 Å². The van der Waals surface area contributed by atoms with Crippen molar-refractivity contribution in [3.05, 3.63) is 35.4 Å². The highest BCUT2D eigenvalue weighted by molar-refractivity contribution is 5.79. The predicted molar refractivity (Wildman–Crippen MR) is 65.8 cm³/mol. The number of halogens is 2. The highest BCUT2D eigenvalue weighted by Crippen LogP contribution is 2.13. The van der Waals surface area contributed by atoms with Crippen LogP contribution in [0.3, 0.4) is 0 Å². The molecular weight excluding hydrogens is 236 g/mol. The van der Waals surface area contributed by atoms with Gasteiger partial charge in [0.05, 0.1) is 13.0 Å². The standard InChI is InChI=1S/C14H15F2NO/c1-3-8-17(9-4-2)14(18)10-11-12(15)6-5-7-13(11)16/h1,5-7H,4,8-10H2,2H3. The van der Waals surface area contributed by atoms with Gasteiger partial charge < -0.3 is 4.90 Å². The van der Waals surface area contributed by atoms with E-state index >= 15 is 0 Å². The second-order valence-electron chi connectivity index (χ2n) is 3.90. The molecule has 1 aromatic carbocycles. The first-order chi connectivity index (χ1) is 8.60. The van der Waals surface area contributed by atoms with Crippen LogP contribution in [0.1, 0.15) is 18.9 Å². The Morgan fingerprint density at radius 1 is 1.39 bits per heavy atom. The lowest BCUT2D eigenvalue weighted by Gasteiger charge is -2.19. The zero-order chi connectivity index (χ0) is 13.5. The molecule has 0 fully saturated rings. The Labute approximate surface area is 106 Å². The molecular formula is C14H15F2NO. The third-order valence-electron chi connectivity index (χ3n) is 2.52. The van der Waals surface area contributed by atoms with E-state index < -0.39 is 11.6 Å². The van der Waals surface area contributed by atoms with E-state index in [1.165, 1.54) is 11.0 Å². The minimum Gasteiger partial charge on any atom is -0.331 e. The van der Waals surface area contributed by atoms with Crippen molar-refractivity contribution in [1.29, 1.82) is 0 Å². The van der Waals surface area contributed by atoms with Gasteiger partial charge in [-0.15, -0.1) is 6.42 Å². The summed E-state index contributed by atoms with van der Waals surface area (Å²) in [5.41, 5.74) is -0.208. The molecule has 0 unspecified atom stereocenters. The summed E-state index contributed by atoms with van der Waals surface area (Å²) in [6.07, 6.45) is 5.60. The second kappa shape index (κ2) is 6.75. The molecule has 0 atom stereocenters. The van der Waals surface area contributed by atoms with Gasteiger partial charge in [-0.2, -0.15) is 0 Å². The smallest absolute Gasteiger partial charge is 0.227 e. The second-order valence-corrected chi connectivity index (χ2v) is 3.90. The number of carbonyl (C=O) groups excluding carboxylic acids is 1. The molecule has 18 heavy (non-hydrogen) atoms. The van der Waals surface area contributed by atoms with Gasteiger partial charge in [-0.1, -0.05) is 18.9 Å². The molecule has 4 heteroatoms. The van der Waals surface area contributed by atoms with Crippen molar-refractivity contribution >= 4 is 5.91 Å². The molecule has 0 heterocycles. The molecule has 0 aliphatic rings. The van der Waals surface area contributed by atoms with Gasteiger partial charge in [-0.3, -0.25) is 4.79 Å². The average molecular weight is 251 g/mol. The maximum absolute atomic E-state index is 13.4. The first-order valence-corrected chi connectivity index (χ1v) is 5.74.